The molecule has 0 atom stereocenters. The molecular formula is C73H67N3S. The lowest BCUT2D eigenvalue weighted by molar-refractivity contribution is 0.353. The number of benzene rings is 10. The van der Waals surface area contributed by atoms with Crippen molar-refractivity contribution in [3.63, 3.8) is 0 Å². The normalized spacial score (nSPS) is 15.3. The summed E-state index contributed by atoms with van der Waals surface area (Å²) in [6.07, 6.45) is 12.1. The molecule has 11 aromatic rings. The summed E-state index contributed by atoms with van der Waals surface area (Å²) in [5.41, 5.74) is 18.1. The molecule has 10 aromatic carbocycles. The Morgan fingerprint density at radius 1 is 0.429 bits per heavy atom. The summed E-state index contributed by atoms with van der Waals surface area (Å²) in [6, 6.07) is 79.7. The van der Waals surface area contributed by atoms with Gasteiger partial charge in [0.2, 0.25) is 0 Å². The van der Waals surface area contributed by atoms with Crippen molar-refractivity contribution >= 4 is 98.6 Å². The highest BCUT2D eigenvalue weighted by Crippen LogP contribution is 2.61. The Balaban J connectivity index is 1.00. The predicted octanol–water partition coefficient (Wildman–Crippen LogP) is 21.6. The molecule has 0 unspecified atom stereocenters. The van der Waals surface area contributed by atoms with Crippen LogP contribution in [0.3, 0.4) is 0 Å². The number of thiophene rings is 1. The number of rotatable bonds is 9. The van der Waals surface area contributed by atoms with Gasteiger partial charge in [-0.05, 0) is 166 Å². The molecule has 0 radical (unpaired) electrons. The molecule has 1 aromatic heterocycles. The molecule has 3 aliphatic carbocycles. The second-order valence-electron chi connectivity index (χ2n) is 23.5. The topological polar surface area (TPSA) is 9.72 Å². The number of para-hydroxylation sites is 3. The van der Waals surface area contributed by atoms with Gasteiger partial charge in [-0.25, -0.2) is 0 Å². The van der Waals surface area contributed by atoms with Crippen molar-refractivity contribution in [2.75, 3.05) is 14.7 Å². The molecule has 14 rings (SSSR count). The molecule has 0 saturated heterocycles. The Labute approximate surface area is 459 Å². The number of fused-ring (bicyclic) bond motifs is 11. The van der Waals surface area contributed by atoms with Crippen molar-refractivity contribution in [2.24, 2.45) is 0 Å². The van der Waals surface area contributed by atoms with Crippen LogP contribution < -0.4 is 14.7 Å². The molecule has 2 saturated carbocycles. The van der Waals surface area contributed by atoms with Crippen LogP contribution in [0.15, 0.2) is 206 Å². The van der Waals surface area contributed by atoms with Gasteiger partial charge >= 0.3 is 0 Å². The van der Waals surface area contributed by atoms with Gasteiger partial charge in [-0.3, -0.25) is 0 Å². The molecule has 3 aliphatic rings. The highest BCUT2D eigenvalue weighted by molar-refractivity contribution is 7.25. The van der Waals surface area contributed by atoms with Gasteiger partial charge in [0, 0.05) is 65.5 Å². The van der Waals surface area contributed by atoms with E-state index in [1.54, 1.807) is 0 Å². The monoisotopic (exact) mass is 1020 g/mol. The fourth-order valence-electron chi connectivity index (χ4n) is 14.0. The molecule has 380 valence electrons. The van der Waals surface area contributed by atoms with Crippen LogP contribution in [0.4, 0.5) is 45.5 Å². The van der Waals surface area contributed by atoms with E-state index in [0.717, 1.165) is 12.8 Å². The first-order valence-electron chi connectivity index (χ1n) is 28.5. The molecular weight excluding hydrogens is 951 g/mol. The van der Waals surface area contributed by atoms with E-state index in [4.69, 9.17) is 0 Å². The molecule has 0 amide bonds. The van der Waals surface area contributed by atoms with E-state index in [0.29, 0.717) is 6.04 Å². The Bertz CT molecular complexity index is 4030. The number of nitrogens with zero attached hydrogens (tertiary/aromatic N) is 3. The second-order valence-corrected chi connectivity index (χ2v) is 24.5. The maximum atomic E-state index is 2.74. The molecule has 2 fully saturated rings. The molecule has 4 heteroatoms. The molecule has 0 N–H and O–H groups in total. The van der Waals surface area contributed by atoms with E-state index in [-0.39, 0.29) is 10.8 Å². The zero-order valence-electron chi connectivity index (χ0n) is 45.0. The first-order chi connectivity index (χ1) is 37.7. The minimum Gasteiger partial charge on any atom is -0.336 e. The molecule has 77 heavy (non-hydrogen) atoms. The van der Waals surface area contributed by atoms with Crippen molar-refractivity contribution in [1.29, 1.82) is 0 Å². The average molecular weight is 1020 g/mol. The summed E-state index contributed by atoms with van der Waals surface area (Å²) >= 11 is 1.91. The molecule has 1 heterocycles. The molecule has 1 spiro atoms. The summed E-state index contributed by atoms with van der Waals surface area (Å²) < 4.78 is 2.64. The fourth-order valence-corrected chi connectivity index (χ4v) is 15.2. The van der Waals surface area contributed by atoms with Crippen LogP contribution in [0.1, 0.15) is 107 Å². The maximum Gasteiger partial charge on any atom is 0.0699 e. The Hall–Kier alpha value is -7.66. The van der Waals surface area contributed by atoms with Crippen molar-refractivity contribution in [1.82, 2.24) is 0 Å². The van der Waals surface area contributed by atoms with E-state index in [1.165, 1.54) is 172 Å². The standard InChI is InChI=1S/C73H67N3S/c1-49-21-9-15-29-65(49)75(53-24-7-5-8-25-53)66-30-16-17-31-67(66)76(57-39-41-60-59-27-14-18-32-69(59)77-70(60)47-57)68-48-64-71(61-28-13-12-26-58(61)68)62-42-40-56(46-63(62)73(64)43-19-6-20-44-73)74(54-37-34-52(35-38-54)72(2,3)4)55-36-33-50-22-10-11-23-51(50)45-55/h9-18,21-23,26-42,45-48,53H,5-8,19-20,24-25,43-44H2,1-4H3. The van der Waals surface area contributed by atoms with Gasteiger partial charge < -0.3 is 14.7 Å². The number of anilines is 8. The van der Waals surface area contributed by atoms with E-state index >= 15 is 0 Å². The maximum absolute atomic E-state index is 2.74. The van der Waals surface area contributed by atoms with Gasteiger partial charge in [0.1, 0.15) is 0 Å². The van der Waals surface area contributed by atoms with Crippen LogP contribution in [-0.4, -0.2) is 6.04 Å². The largest absolute Gasteiger partial charge is 0.336 e. The minimum absolute atomic E-state index is 0.0549. The smallest absolute Gasteiger partial charge is 0.0699 e. The summed E-state index contributed by atoms with van der Waals surface area (Å²) in [7, 11) is 0. The second kappa shape index (κ2) is 19.1. The van der Waals surface area contributed by atoms with E-state index < -0.39 is 0 Å². The number of aryl methyl sites for hydroxylation is 1. The number of hydrogen-bond acceptors (Lipinski definition) is 4. The first-order valence-corrected chi connectivity index (χ1v) is 29.3. The van der Waals surface area contributed by atoms with E-state index in [1.807, 2.05) is 11.3 Å². The summed E-state index contributed by atoms with van der Waals surface area (Å²) in [6.45, 7) is 9.21. The van der Waals surface area contributed by atoms with Crippen LogP contribution in [0.5, 0.6) is 0 Å². The van der Waals surface area contributed by atoms with Crippen molar-refractivity contribution < 1.29 is 0 Å². The van der Waals surface area contributed by atoms with E-state index in [9.17, 15) is 0 Å². The van der Waals surface area contributed by atoms with Gasteiger partial charge in [-0.1, -0.05) is 187 Å². The fraction of sp³-hybridized carbons (Fsp3) is 0.233. The lowest BCUT2D eigenvalue weighted by Crippen LogP contribution is -2.34. The summed E-state index contributed by atoms with van der Waals surface area (Å²) in [4.78, 5) is 7.92. The molecule has 0 aliphatic heterocycles. The number of hydrogen-bond donors (Lipinski definition) is 0. The Morgan fingerprint density at radius 2 is 1.03 bits per heavy atom. The van der Waals surface area contributed by atoms with Crippen LogP contribution >= 0.6 is 11.3 Å². The average Bonchev–Trinajstić information content (AvgIpc) is 3.99. The van der Waals surface area contributed by atoms with Gasteiger partial charge in [-0.15, -0.1) is 11.3 Å². The zero-order valence-corrected chi connectivity index (χ0v) is 45.8. The first kappa shape index (κ1) is 47.8. The zero-order chi connectivity index (χ0) is 51.8. The SMILES string of the molecule is Cc1ccccc1N(c1ccccc1N(c1ccc2c(c1)sc1ccccc12)c1cc2c(c3ccccc13)-c1ccc(N(c3ccc(C(C)(C)C)cc3)c3ccc4ccccc4c3)cc1C21CCCCC1)C1CCCCC1. The van der Waals surface area contributed by atoms with Crippen molar-refractivity contribution in [3.8, 4) is 11.1 Å². The third kappa shape index (κ3) is 8.13. The predicted molar refractivity (Wildman–Crippen MR) is 332 cm³/mol. The van der Waals surface area contributed by atoms with Crippen molar-refractivity contribution in [2.45, 2.75) is 109 Å². The van der Waals surface area contributed by atoms with Crippen LogP contribution in [0.2, 0.25) is 0 Å². The van der Waals surface area contributed by atoms with Crippen LogP contribution in [0, 0.1) is 6.92 Å². The highest BCUT2D eigenvalue weighted by Gasteiger charge is 2.46. The van der Waals surface area contributed by atoms with Gasteiger partial charge in [0.15, 0.2) is 0 Å². The van der Waals surface area contributed by atoms with Gasteiger partial charge in [-0.2, -0.15) is 0 Å². The quantitative estimate of drug-likeness (QED) is 0.143. The van der Waals surface area contributed by atoms with Crippen molar-refractivity contribution in [3.05, 3.63) is 229 Å². The minimum atomic E-state index is -0.154. The molecule has 3 nitrogen and oxygen atoms in total. The third-order valence-corrected chi connectivity index (χ3v) is 19.0. The lowest BCUT2D eigenvalue weighted by atomic mass is 9.67. The van der Waals surface area contributed by atoms with Gasteiger partial charge in [0.25, 0.3) is 0 Å². The Kier molecular flexibility index (Phi) is 11.9. The van der Waals surface area contributed by atoms with E-state index in [2.05, 4.69) is 249 Å². The molecule has 0 bridgehead atoms. The summed E-state index contributed by atoms with van der Waals surface area (Å²) in [5, 5.41) is 7.75. The Morgan fingerprint density at radius 3 is 1.81 bits per heavy atom. The van der Waals surface area contributed by atoms with Crippen LogP contribution in [0.25, 0.3) is 52.8 Å². The third-order valence-electron chi connectivity index (χ3n) is 17.8. The lowest BCUT2D eigenvalue weighted by Gasteiger charge is -2.40. The summed E-state index contributed by atoms with van der Waals surface area (Å²) in [5.74, 6) is 0. The van der Waals surface area contributed by atoms with Gasteiger partial charge in [0.05, 0.1) is 17.1 Å². The highest BCUT2D eigenvalue weighted by atomic mass is 32.1. The van der Waals surface area contributed by atoms with Crippen LogP contribution in [-0.2, 0) is 10.8 Å².